The molecule has 0 bridgehead atoms. The SMILES string of the molecule is CCCC[C@H](C(=O)OCC(=O)Nc1cc(Cl)c(Br)cc1C)N1C(=O)c2ccccc2C1=O. The molecule has 1 heterocycles. The number of aryl methyl sites for hydroxylation is 1. The molecule has 0 saturated carbocycles. The van der Waals surface area contributed by atoms with Crippen LogP contribution in [0.4, 0.5) is 5.69 Å². The number of nitrogens with one attached hydrogen (secondary N) is 1. The van der Waals surface area contributed by atoms with E-state index >= 15 is 0 Å². The van der Waals surface area contributed by atoms with Crippen LogP contribution in [-0.4, -0.2) is 41.2 Å². The maximum atomic E-state index is 12.8. The molecule has 1 aliphatic rings. The van der Waals surface area contributed by atoms with E-state index in [9.17, 15) is 19.2 Å². The number of ether oxygens (including phenoxy) is 1. The zero-order valence-electron chi connectivity index (χ0n) is 17.6. The van der Waals surface area contributed by atoms with Crippen LogP contribution in [-0.2, 0) is 14.3 Å². The highest BCUT2D eigenvalue weighted by atomic mass is 79.9. The molecule has 0 fully saturated rings. The largest absolute Gasteiger partial charge is 0.454 e. The lowest BCUT2D eigenvalue weighted by Crippen LogP contribution is -2.46. The number of unbranched alkanes of at least 4 members (excludes halogenated alkanes) is 1. The fourth-order valence-corrected chi connectivity index (χ4v) is 4.06. The maximum absolute atomic E-state index is 12.8. The summed E-state index contributed by atoms with van der Waals surface area (Å²) in [6.07, 6.45) is 1.62. The average Bonchev–Trinajstić information content (AvgIpc) is 3.02. The second kappa shape index (κ2) is 10.3. The number of imide groups is 1. The van der Waals surface area contributed by atoms with Crippen LogP contribution in [0.15, 0.2) is 40.9 Å². The van der Waals surface area contributed by atoms with Gasteiger partial charge in [-0.05, 0) is 59.1 Å². The third-order valence-electron chi connectivity index (χ3n) is 5.13. The van der Waals surface area contributed by atoms with E-state index in [1.165, 1.54) is 0 Å². The van der Waals surface area contributed by atoms with Crippen LogP contribution >= 0.6 is 27.5 Å². The van der Waals surface area contributed by atoms with Gasteiger partial charge in [0.1, 0.15) is 6.04 Å². The van der Waals surface area contributed by atoms with Gasteiger partial charge in [0.15, 0.2) is 6.61 Å². The molecule has 0 spiro atoms. The summed E-state index contributed by atoms with van der Waals surface area (Å²) in [7, 11) is 0. The summed E-state index contributed by atoms with van der Waals surface area (Å²) < 4.78 is 5.89. The van der Waals surface area contributed by atoms with Crippen LogP contribution < -0.4 is 5.32 Å². The Hall–Kier alpha value is -2.71. The van der Waals surface area contributed by atoms with Gasteiger partial charge in [0.05, 0.1) is 16.1 Å². The second-order valence-corrected chi connectivity index (χ2v) is 8.68. The van der Waals surface area contributed by atoms with Gasteiger partial charge in [-0.25, -0.2) is 4.79 Å². The lowest BCUT2D eigenvalue weighted by molar-refractivity contribution is -0.151. The first-order valence-electron chi connectivity index (χ1n) is 10.1. The molecule has 168 valence electrons. The van der Waals surface area contributed by atoms with Crippen LogP contribution in [0.3, 0.4) is 0 Å². The number of halogens is 2. The molecule has 1 aliphatic heterocycles. The first-order chi connectivity index (χ1) is 15.2. The van der Waals surface area contributed by atoms with Crippen molar-refractivity contribution in [2.24, 2.45) is 0 Å². The molecular weight excluding hydrogens is 500 g/mol. The molecule has 1 N–H and O–H groups in total. The third-order valence-corrected chi connectivity index (χ3v) is 6.32. The maximum Gasteiger partial charge on any atom is 0.329 e. The number of anilines is 1. The van der Waals surface area contributed by atoms with Gasteiger partial charge in [0.2, 0.25) is 0 Å². The van der Waals surface area contributed by atoms with Crippen LogP contribution in [0.2, 0.25) is 5.02 Å². The standard InChI is InChI=1S/C23H22BrClN2O5/c1-3-4-9-19(27-21(29)14-7-5-6-8-15(14)22(27)30)23(31)32-12-20(28)26-18-11-17(25)16(24)10-13(18)2/h5-8,10-11,19H,3-4,9,12H2,1-2H3,(H,26,28)/t19-/m1/s1. The molecule has 0 radical (unpaired) electrons. The summed E-state index contributed by atoms with van der Waals surface area (Å²) in [4.78, 5) is 51.7. The molecule has 3 amide bonds. The van der Waals surface area contributed by atoms with Crippen LogP contribution in [0.25, 0.3) is 0 Å². The number of hydrogen-bond acceptors (Lipinski definition) is 5. The molecule has 0 unspecified atom stereocenters. The van der Waals surface area contributed by atoms with Crippen molar-refractivity contribution in [2.75, 3.05) is 11.9 Å². The minimum absolute atomic E-state index is 0.254. The Kier molecular flexibility index (Phi) is 7.69. The van der Waals surface area contributed by atoms with Gasteiger partial charge in [0.25, 0.3) is 17.7 Å². The highest BCUT2D eigenvalue weighted by molar-refractivity contribution is 9.10. The van der Waals surface area contributed by atoms with E-state index in [-0.39, 0.29) is 17.5 Å². The molecule has 0 saturated heterocycles. The van der Waals surface area contributed by atoms with Gasteiger partial charge in [-0.15, -0.1) is 0 Å². The number of carbonyl (C=O) groups is 4. The number of esters is 1. The van der Waals surface area contributed by atoms with Crippen molar-refractivity contribution in [1.29, 1.82) is 0 Å². The normalized spacial score (nSPS) is 13.7. The minimum atomic E-state index is -1.10. The molecule has 0 aliphatic carbocycles. The van der Waals surface area contributed by atoms with Crippen LogP contribution in [0, 0.1) is 6.92 Å². The van der Waals surface area contributed by atoms with Crippen molar-refractivity contribution in [3.8, 4) is 0 Å². The van der Waals surface area contributed by atoms with Crippen molar-refractivity contribution in [3.63, 3.8) is 0 Å². The first-order valence-corrected chi connectivity index (χ1v) is 11.3. The lowest BCUT2D eigenvalue weighted by Gasteiger charge is -2.24. The van der Waals surface area contributed by atoms with E-state index < -0.39 is 36.3 Å². The zero-order chi connectivity index (χ0) is 23.4. The topological polar surface area (TPSA) is 92.8 Å². The highest BCUT2D eigenvalue weighted by Crippen LogP contribution is 2.29. The Morgan fingerprint density at radius 2 is 1.78 bits per heavy atom. The molecule has 7 nitrogen and oxygen atoms in total. The molecule has 0 aromatic heterocycles. The molecule has 2 aromatic carbocycles. The quantitative estimate of drug-likeness (QED) is 0.400. The van der Waals surface area contributed by atoms with Crippen molar-refractivity contribution in [3.05, 3.63) is 62.6 Å². The molecule has 32 heavy (non-hydrogen) atoms. The summed E-state index contributed by atoms with van der Waals surface area (Å²) in [6.45, 7) is 3.17. The summed E-state index contributed by atoms with van der Waals surface area (Å²) in [6, 6.07) is 8.67. The Labute approximate surface area is 199 Å². The zero-order valence-corrected chi connectivity index (χ0v) is 20.0. The summed E-state index contributed by atoms with van der Waals surface area (Å²) in [5.74, 6) is -2.42. The Balaban J connectivity index is 1.69. The number of rotatable bonds is 8. The predicted octanol–water partition coefficient (Wildman–Crippen LogP) is 4.75. The Morgan fingerprint density at radius 1 is 1.16 bits per heavy atom. The Morgan fingerprint density at radius 3 is 2.38 bits per heavy atom. The van der Waals surface area contributed by atoms with Gasteiger partial charge < -0.3 is 10.1 Å². The van der Waals surface area contributed by atoms with Gasteiger partial charge in [0, 0.05) is 10.2 Å². The number of nitrogens with zero attached hydrogens (tertiary/aromatic N) is 1. The van der Waals surface area contributed by atoms with Gasteiger partial charge in [-0.1, -0.05) is 43.5 Å². The highest BCUT2D eigenvalue weighted by Gasteiger charge is 2.43. The van der Waals surface area contributed by atoms with E-state index in [1.54, 1.807) is 43.3 Å². The van der Waals surface area contributed by atoms with E-state index in [0.717, 1.165) is 16.9 Å². The second-order valence-electron chi connectivity index (χ2n) is 7.42. The molecule has 3 rings (SSSR count). The van der Waals surface area contributed by atoms with Crippen molar-refractivity contribution in [2.45, 2.75) is 39.2 Å². The fraction of sp³-hybridized carbons (Fsp3) is 0.304. The van der Waals surface area contributed by atoms with Crippen molar-refractivity contribution in [1.82, 2.24) is 4.90 Å². The van der Waals surface area contributed by atoms with Gasteiger partial charge >= 0.3 is 5.97 Å². The number of benzene rings is 2. The summed E-state index contributed by atoms with van der Waals surface area (Å²) in [5, 5.41) is 3.07. The Bertz CT molecular complexity index is 1050. The monoisotopic (exact) mass is 520 g/mol. The number of fused-ring (bicyclic) bond motifs is 1. The summed E-state index contributed by atoms with van der Waals surface area (Å²) in [5.41, 5.74) is 1.77. The van der Waals surface area contributed by atoms with Crippen LogP contribution in [0.5, 0.6) is 0 Å². The van der Waals surface area contributed by atoms with Gasteiger partial charge in [-0.3, -0.25) is 19.3 Å². The molecule has 9 heteroatoms. The van der Waals surface area contributed by atoms with E-state index in [4.69, 9.17) is 16.3 Å². The molecular formula is C23H22BrClN2O5. The number of amides is 3. The van der Waals surface area contributed by atoms with Crippen molar-refractivity contribution < 1.29 is 23.9 Å². The smallest absolute Gasteiger partial charge is 0.329 e. The van der Waals surface area contributed by atoms with Crippen LogP contribution in [0.1, 0.15) is 52.5 Å². The molecule has 1 atom stereocenters. The van der Waals surface area contributed by atoms with E-state index in [2.05, 4.69) is 21.2 Å². The van der Waals surface area contributed by atoms with Crippen molar-refractivity contribution >= 4 is 56.9 Å². The fourth-order valence-electron chi connectivity index (χ4n) is 3.44. The minimum Gasteiger partial charge on any atom is -0.454 e. The van der Waals surface area contributed by atoms with Gasteiger partial charge in [-0.2, -0.15) is 0 Å². The lowest BCUT2D eigenvalue weighted by atomic mass is 10.1. The van der Waals surface area contributed by atoms with E-state index in [1.807, 2.05) is 6.92 Å². The third kappa shape index (κ3) is 5.02. The first kappa shape index (κ1) is 23.9. The number of carbonyl (C=O) groups excluding carboxylic acids is 4. The summed E-state index contributed by atoms with van der Waals surface area (Å²) >= 11 is 9.38. The molecule has 2 aromatic rings. The number of hydrogen-bond donors (Lipinski definition) is 1. The predicted molar refractivity (Wildman–Crippen MR) is 124 cm³/mol. The van der Waals surface area contributed by atoms with E-state index in [0.29, 0.717) is 21.6 Å². The average molecular weight is 522 g/mol.